The molecule has 21 heavy (non-hydrogen) atoms. The maximum Gasteiger partial charge on any atom is 0.245 e. The maximum atomic E-state index is 6.11. The predicted octanol–water partition coefficient (Wildman–Crippen LogP) is 3.42. The van der Waals surface area contributed by atoms with E-state index in [9.17, 15) is 0 Å². The summed E-state index contributed by atoms with van der Waals surface area (Å²) in [6.07, 6.45) is 8.54. The quantitative estimate of drug-likeness (QED) is 0.806. The Bertz CT molecular complexity index is 633. The number of alkyl halides is 1. The number of hydrogen-bond donors (Lipinski definition) is 0. The van der Waals surface area contributed by atoms with Gasteiger partial charge in [0.25, 0.3) is 0 Å². The summed E-state index contributed by atoms with van der Waals surface area (Å²) in [5, 5.41) is 0.702. The molecular formula is C14H19ClN4OS. The monoisotopic (exact) mass is 326 g/mol. The SMILES string of the molecule is COc1ncnc2c1nc(CCl)n2C1CCCC(SC)C1. The number of imidazole rings is 1. The minimum atomic E-state index is 0.375. The van der Waals surface area contributed by atoms with Crippen LogP contribution in [-0.4, -0.2) is 38.1 Å². The largest absolute Gasteiger partial charge is 0.479 e. The third kappa shape index (κ3) is 2.71. The van der Waals surface area contributed by atoms with Gasteiger partial charge in [-0.15, -0.1) is 11.6 Å². The summed E-state index contributed by atoms with van der Waals surface area (Å²) in [7, 11) is 1.60. The van der Waals surface area contributed by atoms with Crippen molar-refractivity contribution in [2.75, 3.05) is 13.4 Å². The molecule has 0 bridgehead atoms. The number of thioether (sulfide) groups is 1. The summed E-state index contributed by atoms with van der Waals surface area (Å²) in [6, 6.07) is 0.412. The molecule has 2 atom stereocenters. The summed E-state index contributed by atoms with van der Waals surface area (Å²) >= 11 is 8.06. The normalized spacial score (nSPS) is 22.6. The van der Waals surface area contributed by atoms with Gasteiger partial charge < -0.3 is 9.30 Å². The van der Waals surface area contributed by atoms with Crippen LogP contribution in [0.3, 0.4) is 0 Å². The van der Waals surface area contributed by atoms with E-state index < -0.39 is 0 Å². The van der Waals surface area contributed by atoms with Crippen LogP contribution in [0, 0.1) is 0 Å². The van der Waals surface area contributed by atoms with Crippen molar-refractivity contribution in [3.8, 4) is 5.88 Å². The molecule has 0 N–H and O–H groups in total. The van der Waals surface area contributed by atoms with Gasteiger partial charge in [0, 0.05) is 11.3 Å². The molecule has 0 aromatic carbocycles. The number of ether oxygens (including phenoxy) is 1. The van der Waals surface area contributed by atoms with Crippen molar-refractivity contribution in [2.24, 2.45) is 0 Å². The van der Waals surface area contributed by atoms with E-state index in [4.69, 9.17) is 16.3 Å². The fraction of sp³-hybridized carbons (Fsp3) is 0.643. The van der Waals surface area contributed by atoms with E-state index in [1.54, 1.807) is 7.11 Å². The zero-order valence-corrected chi connectivity index (χ0v) is 13.8. The van der Waals surface area contributed by atoms with E-state index in [-0.39, 0.29) is 0 Å². The zero-order valence-electron chi connectivity index (χ0n) is 12.3. The van der Waals surface area contributed by atoms with Gasteiger partial charge in [0.05, 0.1) is 13.0 Å². The molecule has 1 aliphatic rings. The van der Waals surface area contributed by atoms with E-state index in [1.165, 1.54) is 19.2 Å². The number of fused-ring (bicyclic) bond motifs is 1. The number of nitrogens with zero attached hydrogens (tertiary/aromatic N) is 4. The Morgan fingerprint density at radius 1 is 1.43 bits per heavy atom. The van der Waals surface area contributed by atoms with Crippen LogP contribution in [0.5, 0.6) is 5.88 Å². The standard InChI is InChI=1S/C14H19ClN4OS/c1-20-14-12-13(16-8-17-14)19(11(7-15)18-12)9-4-3-5-10(6-9)21-2/h8-10H,3-7H2,1-2H3. The Morgan fingerprint density at radius 3 is 3.00 bits per heavy atom. The van der Waals surface area contributed by atoms with Crippen LogP contribution in [0.1, 0.15) is 37.5 Å². The Kier molecular flexibility index (Phi) is 4.54. The van der Waals surface area contributed by atoms with Gasteiger partial charge in [0.15, 0.2) is 11.2 Å². The highest BCUT2D eigenvalue weighted by atomic mass is 35.5. The summed E-state index contributed by atoms with van der Waals surface area (Å²) in [6.45, 7) is 0. The number of halogens is 1. The Balaban J connectivity index is 2.08. The van der Waals surface area contributed by atoms with Crippen molar-refractivity contribution in [2.45, 2.75) is 42.9 Å². The van der Waals surface area contributed by atoms with Crippen LogP contribution in [0.2, 0.25) is 0 Å². The second-order valence-electron chi connectivity index (χ2n) is 5.26. The molecule has 7 heteroatoms. The van der Waals surface area contributed by atoms with Gasteiger partial charge in [0.2, 0.25) is 5.88 Å². The molecule has 114 valence electrons. The lowest BCUT2D eigenvalue weighted by Gasteiger charge is -2.30. The highest BCUT2D eigenvalue weighted by molar-refractivity contribution is 7.99. The van der Waals surface area contributed by atoms with Crippen molar-refractivity contribution < 1.29 is 4.74 Å². The van der Waals surface area contributed by atoms with Gasteiger partial charge in [-0.3, -0.25) is 0 Å². The highest BCUT2D eigenvalue weighted by Crippen LogP contribution is 2.37. The molecule has 2 unspecified atom stereocenters. The molecule has 3 rings (SSSR count). The Morgan fingerprint density at radius 2 is 2.29 bits per heavy atom. The average Bonchev–Trinajstić information content (AvgIpc) is 2.93. The first-order valence-electron chi connectivity index (χ1n) is 7.13. The molecule has 2 heterocycles. The van der Waals surface area contributed by atoms with Crippen molar-refractivity contribution in [1.82, 2.24) is 19.5 Å². The minimum absolute atomic E-state index is 0.375. The molecule has 2 aromatic heterocycles. The van der Waals surface area contributed by atoms with Crippen LogP contribution < -0.4 is 4.74 Å². The van der Waals surface area contributed by atoms with Crippen LogP contribution in [0.15, 0.2) is 6.33 Å². The minimum Gasteiger partial charge on any atom is -0.479 e. The fourth-order valence-electron chi connectivity index (χ4n) is 3.13. The second kappa shape index (κ2) is 6.40. The molecule has 0 amide bonds. The zero-order chi connectivity index (χ0) is 14.8. The predicted molar refractivity (Wildman–Crippen MR) is 86.2 cm³/mol. The average molecular weight is 327 g/mol. The van der Waals surface area contributed by atoms with E-state index >= 15 is 0 Å². The molecule has 0 aliphatic heterocycles. The van der Waals surface area contributed by atoms with Gasteiger partial charge in [-0.25, -0.2) is 9.97 Å². The van der Waals surface area contributed by atoms with Crippen LogP contribution >= 0.6 is 23.4 Å². The first-order chi connectivity index (χ1) is 10.3. The molecular weight excluding hydrogens is 308 g/mol. The molecule has 1 fully saturated rings. The first-order valence-corrected chi connectivity index (χ1v) is 8.95. The van der Waals surface area contributed by atoms with Gasteiger partial charge in [0.1, 0.15) is 12.2 Å². The topological polar surface area (TPSA) is 52.8 Å². The third-order valence-corrected chi connectivity index (χ3v) is 5.46. The Labute approximate surface area is 133 Å². The summed E-state index contributed by atoms with van der Waals surface area (Å²) < 4.78 is 7.50. The van der Waals surface area contributed by atoms with Crippen molar-refractivity contribution in [3.63, 3.8) is 0 Å². The number of aromatic nitrogens is 4. The van der Waals surface area contributed by atoms with Crippen molar-refractivity contribution >= 4 is 34.5 Å². The molecule has 2 aromatic rings. The molecule has 5 nitrogen and oxygen atoms in total. The van der Waals surface area contributed by atoms with E-state index in [0.29, 0.717) is 28.6 Å². The van der Waals surface area contributed by atoms with Crippen LogP contribution in [-0.2, 0) is 5.88 Å². The van der Waals surface area contributed by atoms with Gasteiger partial charge in [-0.2, -0.15) is 16.7 Å². The van der Waals surface area contributed by atoms with Gasteiger partial charge in [-0.05, 0) is 25.5 Å². The van der Waals surface area contributed by atoms with E-state index in [2.05, 4.69) is 25.8 Å². The molecule has 1 aliphatic carbocycles. The molecule has 0 radical (unpaired) electrons. The first kappa shape index (κ1) is 14.9. The van der Waals surface area contributed by atoms with Gasteiger partial charge >= 0.3 is 0 Å². The highest BCUT2D eigenvalue weighted by Gasteiger charge is 2.27. The summed E-state index contributed by atoms with van der Waals surface area (Å²) in [5.41, 5.74) is 1.55. The molecule has 0 spiro atoms. The Hall–Kier alpha value is -1.01. The number of hydrogen-bond acceptors (Lipinski definition) is 5. The summed E-state index contributed by atoms with van der Waals surface area (Å²) in [4.78, 5) is 13.2. The molecule has 1 saturated carbocycles. The van der Waals surface area contributed by atoms with Crippen molar-refractivity contribution in [3.05, 3.63) is 12.2 Å². The lowest BCUT2D eigenvalue weighted by atomic mass is 9.94. The van der Waals surface area contributed by atoms with E-state index in [0.717, 1.165) is 24.3 Å². The molecule has 0 saturated heterocycles. The lowest BCUT2D eigenvalue weighted by molar-refractivity contribution is 0.360. The number of methoxy groups -OCH3 is 1. The number of rotatable bonds is 4. The summed E-state index contributed by atoms with van der Waals surface area (Å²) in [5.74, 6) is 1.75. The lowest BCUT2D eigenvalue weighted by Crippen LogP contribution is -2.22. The smallest absolute Gasteiger partial charge is 0.245 e. The van der Waals surface area contributed by atoms with Crippen LogP contribution in [0.4, 0.5) is 0 Å². The van der Waals surface area contributed by atoms with Gasteiger partial charge in [-0.1, -0.05) is 6.42 Å². The maximum absolute atomic E-state index is 6.11. The second-order valence-corrected chi connectivity index (χ2v) is 6.67. The fourth-order valence-corrected chi connectivity index (χ4v) is 4.13. The van der Waals surface area contributed by atoms with Crippen molar-refractivity contribution in [1.29, 1.82) is 0 Å². The van der Waals surface area contributed by atoms with E-state index in [1.807, 2.05) is 11.8 Å². The van der Waals surface area contributed by atoms with Crippen LogP contribution in [0.25, 0.3) is 11.2 Å². The third-order valence-electron chi connectivity index (χ3n) is 4.13.